The fourth-order valence-corrected chi connectivity index (χ4v) is 3.40. The molecule has 0 saturated carbocycles. The van der Waals surface area contributed by atoms with Crippen LogP contribution in [0.1, 0.15) is 15.9 Å². The first kappa shape index (κ1) is 18.4. The number of nitrogens with zero attached hydrogens (tertiary/aromatic N) is 3. The number of carbonyl (C=O) groups is 1. The number of aromatic nitrogens is 3. The highest BCUT2D eigenvalue weighted by Crippen LogP contribution is 2.23. The molecule has 140 valence electrons. The lowest BCUT2D eigenvalue weighted by Crippen LogP contribution is -2.12. The number of rotatable bonds is 4. The summed E-state index contributed by atoms with van der Waals surface area (Å²) in [7, 11) is 1.63. The molecule has 0 radical (unpaired) electrons. The number of anilines is 1. The van der Waals surface area contributed by atoms with E-state index in [4.69, 9.17) is 4.74 Å². The number of amides is 1. The van der Waals surface area contributed by atoms with Crippen LogP contribution in [0.4, 0.5) is 5.69 Å². The van der Waals surface area contributed by atoms with Gasteiger partial charge in [0.25, 0.3) is 5.91 Å². The Morgan fingerprint density at radius 3 is 2.43 bits per heavy atom. The molecule has 0 bridgehead atoms. The summed E-state index contributed by atoms with van der Waals surface area (Å²) >= 11 is 2.19. The van der Waals surface area contributed by atoms with Crippen molar-refractivity contribution in [3.63, 3.8) is 0 Å². The summed E-state index contributed by atoms with van der Waals surface area (Å²) in [5, 5.41) is 12.1. The van der Waals surface area contributed by atoms with Crippen LogP contribution in [0.15, 0.2) is 60.7 Å². The van der Waals surface area contributed by atoms with Gasteiger partial charge in [0.1, 0.15) is 16.8 Å². The number of aryl methyl sites for hydroxylation is 1. The summed E-state index contributed by atoms with van der Waals surface area (Å²) in [6, 6.07) is 18.8. The van der Waals surface area contributed by atoms with E-state index in [0.717, 1.165) is 31.8 Å². The second-order valence-corrected chi connectivity index (χ2v) is 7.55. The minimum Gasteiger partial charge on any atom is -0.497 e. The van der Waals surface area contributed by atoms with Crippen molar-refractivity contribution in [3.8, 4) is 11.4 Å². The van der Waals surface area contributed by atoms with E-state index in [-0.39, 0.29) is 5.91 Å². The first-order valence-corrected chi connectivity index (χ1v) is 9.70. The van der Waals surface area contributed by atoms with Gasteiger partial charge in [-0.25, -0.2) is 0 Å². The highest BCUT2D eigenvalue weighted by Gasteiger charge is 2.12. The Bertz CT molecular complexity index is 1170. The van der Waals surface area contributed by atoms with Gasteiger partial charge in [0, 0.05) is 14.8 Å². The molecule has 1 heterocycles. The van der Waals surface area contributed by atoms with E-state index in [0.29, 0.717) is 11.1 Å². The number of ether oxygens (including phenoxy) is 1. The lowest BCUT2D eigenvalue weighted by atomic mass is 10.1. The van der Waals surface area contributed by atoms with Crippen molar-refractivity contribution in [2.45, 2.75) is 6.92 Å². The molecule has 1 N–H and O–H groups in total. The van der Waals surface area contributed by atoms with E-state index in [1.165, 1.54) is 0 Å². The van der Waals surface area contributed by atoms with Gasteiger partial charge in [-0.2, -0.15) is 4.80 Å². The molecule has 4 rings (SSSR count). The van der Waals surface area contributed by atoms with E-state index in [1.54, 1.807) is 18.0 Å². The Hall–Kier alpha value is -2.94. The molecular formula is C21H17IN4O2. The highest BCUT2D eigenvalue weighted by atomic mass is 127. The lowest BCUT2D eigenvalue weighted by molar-refractivity contribution is 0.102. The maximum absolute atomic E-state index is 12.6. The molecule has 0 aliphatic carbocycles. The van der Waals surface area contributed by atoms with Gasteiger partial charge >= 0.3 is 0 Å². The molecule has 0 aliphatic heterocycles. The lowest BCUT2D eigenvalue weighted by Gasteiger charge is -2.08. The van der Waals surface area contributed by atoms with Crippen molar-refractivity contribution in [2.24, 2.45) is 0 Å². The quantitative estimate of drug-likeness (QED) is 0.431. The number of benzene rings is 3. The van der Waals surface area contributed by atoms with Crippen LogP contribution in [0.25, 0.3) is 16.7 Å². The predicted octanol–water partition coefficient (Wildman–Crippen LogP) is 4.59. The van der Waals surface area contributed by atoms with Gasteiger partial charge in [0.05, 0.1) is 12.8 Å². The maximum Gasteiger partial charge on any atom is 0.255 e. The summed E-state index contributed by atoms with van der Waals surface area (Å²) in [5.41, 5.74) is 4.57. The molecule has 28 heavy (non-hydrogen) atoms. The Morgan fingerprint density at radius 1 is 1.04 bits per heavy atom. The van der Waals surface area contributed by atoms with Gasteiger partial charge in [-0.15, -0.1) is 10.2 Å². The molecule has 0 aliphatic rings. The maximum atomic E-state index is 12.6. The van der Waals surface area contributed by atoms with Crippen molar-refractivity contribution in [3.05, 3.63) is 75.4 Å². The number of nitrogens with one attached hydrogen (secondary N) is 1. The summed E-state index contributed by atoms with van der Waals surface area (Å²) in [5.74, 6) is 0.625. The van der Waals surface area contributed by atoms with Crippen LogP contribution >= 0.6 is 22.6 Å². The second kappa shape index (κ2) is 7.59. The van der Waals surface area contributed by atoms with Gasteiger partial charge in [-0.1, -0.05) is 6.07 Å². The third kappa shape index (κ3) is 3.70. The minimum absolute atomic E-state index is 0.150. The molecular weight excluding hydrogens is 467 g/mol. The summed E-state index contributed by atoms with van der Waals surface area (Å²) in [6.07, 6.45) is 0. The molecule has 3 aromatic carbocycles. The Morgan fingerprint density at radius 2 is 1.75 bits per heavy atom. The fourth-order valence-electron chi connectivity index (χ4n) is 2.86. The van der Waals surface area contributed by atoms with Crippen molar-refractivity contribution in [1.29, 1.82) is 0 Å². The average Bonchev–Trinajstić information content (AvgIpc) is 3.11. The largest absolute Gasteiger partial charge is 0.497 e. The van der Waals surface area contributed by atoms with Gasteiger partial charge in [-0.3, -0.25) is 4.79 Å². The summed E-state index contributed by atoms with van der Waals surface area (Å²) < 4.78 is 6.20. The van der Waals surface area contributed by atoms with Crippen LogP contribution in [0.3, 0.4) is 0 Å². The average molecular weight is 484 g/mol. The molecule has 6 nitrogen and oxygen atoms in total. The Labute approximate surface area is 175 Å². The normalized spacial score (nSPS) is 10.8. The monoisotopic (exact) mass is 484 g/mol. The van der Waals surface area contributed by atoms with Gasteiger partial charge in [-0.05, 0) is 89.7 Å². The van der Waals surface area contributed by atoms with E-state index in [9.17, 15) is 4.79 Å². The highest BCUT2D eigenvalue weighted by molar-refractivity contribution is 14.1. The Kier molecular flexibility index (Phi) is 4.99. The number of hydrogen-bond acceptors (Lipinski definition) is 4. The van der Waals surface area contributed by atoms with Crippen LogP contribution in [-0.4, -0.2) is 28.0 Å². The molecule has 0 saturated heterocycles. The predicted molar refractivity (Wildman–Crippen MR) is 117 cm³/mol. The minimum atomic E-state index is -0.150. The topological polar surface area (TPSA) is 69.0 Å². The SMILES string of the molecule is COc1ccc(-n2nc3cc(C)c(NC(=O)c4cccc(I)c4)cc3n2)cc1. The third-order valence-corrected chi connectivity index (χ3v) is 5.04. The molecule has 0 atom stereocenters. The molecule has 0 fully saturated rings. The van der Waals surface area contributed by atoms with Gasteiger partial charge in [0.2, 0.25) is 0 Å². The van der Waals surface area contributed by atoms with E-state index in [1.807, 2.05) is 61.5 Å². The molecule has 1 aromatic heterocycles. The molecule has 0 unspecified atom stereocenters. The summed E-state index contributed by atoms with van der Waals surface area (Å²) in [4.78, 5) is 14.2. The van der Waals surface area contributed by atoms with E-state index in [2.05, 4.69) is 38.1 Å². The molecule has 4 aromatic rings. The van der Waals surface area contributed by atoms with Crippen molar-refractivity contribution >= 4 is 45.2 Å². The van der Waals surface area contributed by atoms with Crippen LogP contribution < -0.4 is 10.1 Å². The number of carbonyl (C=O) groups excluding carboxylic acids is 1. The van der Waals surface area contributed by atoms with Crippen LogP contribution in [-0.2, 0) is 0 Å². The molecule has 1 amide bonds. The second-order valence-electron chi connectivity index (χ2n) is 6.31. The van der Waals surface area contributed by atoms with E-state index < -0.39 is 0 Å². The zero-order chi connectivity index (χ0) is 19.7. The zero-order valence-electron chi connectivity index (χ0n) is 15.3. The van der Waals surface area contributed by atoms with Crippen LogP contribution in [0.5, 0.6) is 5.75 Å². The first-order chi connectivity index (χ1) is 13.5. The smallest absolute Gasteiger partial charge is 0.255 e. The third-order valence-electron chi connectivity index (χ3n) is 4.36. The Balaban J connectivity index is 1.65. The van der Waals surface area contributed by atoms with Gasteiger partial charge in [0.15, 0.2) is 0 Å². The number of halogens is 1. The fraction of sp³-hybridized carbons (Fsp3) is 0.0952. The van der Waals surface area contributed by atoms with Crippen LogP contribution in [0.2, 0.25) is 0 Å². The summed E-state index contributed by atoms with van der Waals surface area (Å²) in [6.45, 7) is 1.94. The van der Waals surface area contributed by atoms with Crippen molar-refractivity contribution in [1.82, 2.24) is 15.0 Å². The zero-order valence-corrected chi connectivity index (χ0v) is 17.5. The standard InChI is InChI=1S/C21H17IN4O2/c1-13-10-19-20(25-26(24-19)16-6-8-17(28-2)9-7-16)12-18(13)23-21(27)14-4-3-5-15(22)11-14/h3-12H,1-2H3,(H,23,27). The number of fused-ring (bicyclic) bond motifs is 1. The molecule has 7 heteroatoms. The first-order valence-electron chi connectivity index (χ1n) is 8.62. The number of hydrogen-bond donors (Lipinski definition) is 1. The van der Waals surface area contributed by atoms with Crippen LogP contribution in [0, 0.1) is 10.5 Å². The van der Waals surface area contributed by atoms with Gasteiger partial charge < -0.3 is 10.1 Å². The van der Waals surface area contributed by atoms with Crippen molar-refractivity contribution < 1.29 is 9.53 Å². The van der Waals surface area contributed by atoms with E-state index >= 15 is 0 Å². The number of methoxy groups -OCH3 is 1. The molecule has 0 spiro atoms. The van der Waals surface area contributed by atoms with Crippen molar-refractivity contribution in [2.75, 3.05) is 12.4 Å².